The molecule has 0 aromatic heterocycles. The number of hydrogen-bond acceptors (Lipinski definition) is 4. The minimum absolute atomic E-state index is 0.0451. The maximum atomic E-state index is 13.1. The van der Waals surface area contributed by atoms with Crippen molar-refractivity contribution in [2.75, 3.05) is 25.0 Å². The number of carboxylic acid groups (broad SMARTS) is 1. The Morgan fingerprint density at radius 2 is 1.54 bits per heavy atom. The largest absolute Gasteiger partial charge is 0.481 e. The first-order chi connectivity index (χ1) is 17.0. The van der Waals surface area contributed by atoms with Crippen molar-refractivity contribution in [3.8, 4) is 11.1 Å². The van der Waals surface area contributed by atoms with Gasteiger partial charge in [0.1, 0.15) is 6.61 Å². The van der Waals surface area contributed by atoms with Gasteiger partial charge in [0.05, 0.1) is 11.3 Å². The van der Waals surface area contributed by atoms with Crippen LogP contribution in [0.5, 0.6) is 0 Å². The van der Waals surface area contributed by atoms with Crippen molar-refractivity contribution in [1.82, 2.24) is 4.90 Å². The molecule has 1 fully saturated rings. The van der Waals surface area contributed by atoms with Gasteiger partial charge < -0.3 is 14.7 Å². The second-order valence-corrected chi connectivity index (χ2v) is 9.00. The molecule has 0 bridgehead atoms. The summed E-state index contributed by atoms with van der Waals surface area (Å²) < 4.78 is 5.62. The van der Waals surface area contributed by atoms with E-state index in [1.54, 1.807) is 29.2 Å². The van der Waals surface area contributed by atoms with E-state index in [4.69, 9.17) is 9.84 Å². The summed E-state index contributed by atoms with van der Waals surface area (Å²) in [7, 11) is 0. The lowest BCUT2D eigenvalue weighted by molar-refractivity contribution is -0.138. The Balaban J connectivity index is 1.26. The summed E-state index contributed by atoms with van der Waals surface area (Å²) in [6.07, 6.45) is 0.0703. The third-order valence-electron chi connectivity index (χ3n) is 6.77. The third-order valence-corrected chi connectivity index (χ3v) is 6.77. The highest BCUT2D eigenvalue weighted by Gasteiger charge is 2.31. The van der Waals surface area contributed by atoms with Gasteiger partial charge in [0.2, 0.25) is 0 Å². The minimum atomic E-state index is -0.860. The molecule has 1 heterocycles. The molecule has 5 rings (SSSR count). The number of likely N-dealkylation sites (tertiary alicyclic amines) is 1. The van der Waals surface area contributed by atoms with Crippen LogP contribution in [0.4, 0.5) is 10.5 Å². The summed E-state index contributed by atoms with van der Waals surface area (Å²) in [5.41, 5.74) is 5.29. The quantitative estimate of drug-likeness (QED) is 0.530. The van der Waals surface area contributed by atoms with Crippen molar-refractivity contribution in [1.29, 1.82) is 0 Å². The second kappa shape index (κ2) is 9.62. The molecular formula is C28H26N2O5. The number of nitrogens with zero attached hydrogens (tertiary/aromatic N) is 1. The zero-order chi connectivity index (χ0) is 24.4. The predicted octanol–water partition coefficient (Wildman–Crippen LogP) is 4.98. The molecule has 2 aliphatic rings. The third kappa shape index (κ3) is 4.62. The lowest BCUT2D eigenvalue weighted by Gasteiger charge is -2.19. The number of hydrogen-bond donors (Lipinski definition) is 2. The maximum Gasteiger partial charge on any atom is 0.411 e. The molecular weight excluding hydrogens is 444 g/mol. The van der Waals surface area contributed by atoms with E-state index >= 15 is 0 Å². The molecule has 35 heavy (non-hydrogen) atoms. The number of fused-ring (bicyclic) bond motifs is 3. The van der Waals surface area contributed by atoms with Crippen LogP contribution in [0.1, 0.15) is 40.2 Å². The normalized spacial score (nSPS) is 16.5. The first-order valence-corrected chi connectivity index (χ1v) is 11.7. The average molecular weight is 471 g/mol. The number of anilines is 1. The summed E-state index contributed by atoms with van der Waals surface area (Å²) in [6, 6.07) is 23.1. The summed E-state index contributed by atoms with van der Waals surface area (Å²) >= 11 is 0. The van der Waals surface area contributed by atoms with Crippen molar-refractivity contribution in [2.45, 2.75) is 18.8 Å². The predicted molar refractivity (Wildman–Crippen MR) is 131 cm³/mol. The van der Waals surface area contributed by atoms with Gasteiger partial charge in [-0.3, -0.25) is 14.9 Å². The fourth-order valence-electron chi connectivity index (χ4n) is 5.12. The van der Waals surface area contributed by atoms with Gasteiger partial charge in [0, 0.05) is 25.4 Å². The standard InChI is InChI=1S/C28H26N2O5/c31-26(32)15-18-13-14-30(16-18)27(33)23-11-5-6-12-25(23)29-28(34)35-17-24-21-9-3-1-7-19(21)20-8-2-4-10-22(20)24/h1-12,18,24H,13-17H2,(H,29,34)(H,31,32). The number of para-hydroxylation sites is 1. The summed E-state index contributed by atoms with van der Waals surface area (Å²) in [6.45, 7) is 1.07. The van der Waals surface area contributed by atoms with Gasteiger partial charge >= 0.3 is 12.1 Å². The number of aliphatic carboxylic acids is 1. The van der Waals surface area contributed by atoms with Crippen LogP contribution in [-0.2, 0) is 9.53 Å². The van der Waals surface area contributed by atoms with Gasteiger partial charge in [-0.25, -0.2) is 4.79 Å². The van der Waals surface area contributed by atoms with Crippen LogP contribution in [0.15, 0.2) is 72.8 Å². The molecule has 3 aromatic rings. The van der Waals surface area contributed by atoms with Crippen LogP contribution in [0, 0.1) is 5.92 Å². The molecule has 7 heteroatoms. The molecule has 3 aromatic carbocycles. The monoisotopic (exact) mass is 470 g/mol. The number of carbonyl (C=O) groups excluding carboxylic acids is 2. The molecule has 7 nitrogen and oxygen atoms in total. The molecule has 0 radical (unpaired) electrons. The first-order valence-electron chi connectivity index (χ1n) is 11.7. The molecule has 1 aliphatic carbocycles. The Bertz CT molecular complexity index is 1240. The average Bonchev–Trinajstić information content (AvgIpc) is 3.45. The molecule has 1 atom stereocenters. The highest BCUT2D eigenvalue weighted by Crippen LogP contribution is 2.44. The number of benzene rings is 3. The first kappa shape index (κ1) is 22.7. The van der Waals surface area contributed by atoms with Gasteiger partial charge in [-0.2, -0.15) is 0 Å². The van der Waals surface area contributed by atoms with Gasteiger partial charge in [-0.05, 0) is 46.7 Å². The Hall–Kier alpha value is -4.13. The maximum absolute atomic E-state index is 13.1. The van der Waals surface area contributed by atoms with E-state index in [2.05, 4.69) is 29.6 Å². The fourth-order valence-corrected chi connectivity index (χ4v) is 5.12. The Morgan fingerprint density at radius 3 is 2.23 bits per heavy atom. The molecule has 178 valence electrons. The lowest BCUT2D eigenvalue weighted by atomic mass is 9.98. The van der Waals surface area contributed by atoms with Crippen molar-refractivity contribution in [2.24, 2.45) is 5.92 Å². The van der Waals surface area contributed by atoms with E-state index in [0.29, 0.717) is 30.8 Å². The van der Waals surface area contributed by atoms with Crippen molar-refractivity contribution in [3.63, 3.8) is 0 Å². The van der Waals surface area contributed by atoms with E-state index in [-0.39, 0.29) is 30.8 Å². The van der Waals surface area contributed by atoms with Crippen LogP contribution >= 0.6 is 0 Å². The van der Waals surface area contributed by atoms with Crippen LogP contribution < -0.4 is 5.32 Å². The zero-order valence-electron chi connectivity index (χ0n) is 19.1. The number of nitrogens with one attached hydrogen (secondary N) is 1. The van der Waals surface area contributed by atoms with E-state index in [1.165, 1.54) is 0 Å². The van der Waals surface area contributed by atoms with Gasteiger partial charge in [0.15, 0.2) is 0 Å². The van der Waals surface area contributed by atoms with Gasteiger partial charge in [-0.1, -0.05) is 60.7 Å². The van der Waals surface area contributed by atoms with Crippen LogP contribution in [0.25, 0.3) is 11.1 Å². The Labute approximate surface area is 203 Å². The molecule has 2 N–H and O–H groups in total. The number of ether oxygens (including phenoxy) is 1. The SMILES string of the molecule is O=C(O)CC1CCN(C(=O)c2ccccc2NC(=O)OCC2c3ccccc3-c3ccccc32)C1. The number of carbonyl (C=O) groups is 3. The molecule has 1 saturated heterocycles. The number of carboxylic acids is 1. The van der Waals surface area contributed by atoms with E-state index in [1.807, 2.05) is 24.3 Å². The minimum Gasteiger partial charge on any atom is -0.481 e. The number of rotatable bonds is 6. The zero-order valence-corrected chi connectivity index (χ0v) is 19.1. The molecule has 0 spiro atoms. The summed E-state index contributed by atoms with van der Waals surface area (Å²) in [5, 5.41) is 11.8. The van der Waals surface area contributed by atoms with E-state index in [9.17, 15) is 14.4 Å². The van der Waals surface area contributed by atoms with Crippen molar-refractivity contribution in [3.05, 3.63) is 89.5 Å². The van der Waals surface area contributed by atoms with Gasteiger partial charge in [0.25, 0.3) is 5.91 Å². The highest BCUT2D eigenvalue weighted by atomic mass is 16.5. The van der Waals surface area contributed by atoms with Crippen LogP contribution in [-0.4, -0.2) is 47.7 Å². The Kier molecular flexibility index (Phi) is 6.23. The smallest absolute Gasteiger partial charge is 0.411 e. The number of amides is 2. The summed E-state index contributed by atoms with van der Waals surface area (Å²) in [5.74, 6) is -1.20. The van der Waals surface area contributed by atoms with Gasteiger partial charge in [-0.15, -0.1) is 0 Å². The Morgan fingerprint density at radius 1 is 0.914 bits per heavy atom. The topological polar surface area (TPSA) is 95.9 Å². The van der Waals surface area contributed by atoms with Crippen LogP contribution in [0.3, 0.4) is 0 Å². The van der Waals surface area contributed by atoms with Crippen molar-refractivity contribution >= 4 is 23.7 Å². The van der Waals surface area contributed by atoms with Crippen LogP contribution in [0.2, 0.25) is 0 Å². The molecule has 1 unspecified atom stereocenters. The second-order valence-electron chi connectivity index (χ2n) is 9.00. The summed E-state index contributed by atoms with van der Waals surface area (Å²) in [4.78, 5) is 38.5. The molecule has 2 amide bonds. The lowest BCUT2D eigenvalue weighted by Crippen LogP contribution is -2.30. The van der Waals surface area contributed by atoms with E-state index in [0.717, 1.165) is 22.3 Å². The fraction of sp³-hybridized carbons (Fsp3) is 0.250. The van der Waals surface area contributed by atoms with E-state index < -0.39 is 12.1 Å². The molecule has 1 aliphatic heterocycles. The highest BCUT2D eigenvalue weighted by molar-refractivity contribution is 6.02. The molecule has 0 saturated carbocycles. The van der Waals surface area contributed by atoms with Crippen molar-refractivity contribution < 1.29 is 24.2 Å².